The zero-order chi connectivity index (χ0) is 35.2. The third-order valence-corrected chi connectivity index (χ3v) is 9.58. The number of nitrogens with zero attached hydrogens (tertiary/aromatic N) is 5. The number of ketones is 1. The van der Waals surface area contributed by atoms with Crippen LogP contribution in [0.5, 0.6) is 5.75 Å². The molecule has 1 unspecified atom stereocenters. The van der Waals surface area contributed by atoms with Gasteiger partial charge in [-0.3, -0.25) is 13.9 Å². The van der Waals surface area contributed by atoms with Gasteiger partial charge in [-0.2, -0.15) is 0 Å². The molecule has 3 N–H and O–H groups in total. The third kappa shape index (κ3) is 8.89. The standard InChI is InChI=1S/C28H30N5O8P.C6H15N/c1-28(2)40-23-21(39-27(24(23)41-28)33-16-32-22-25(29)30-15-31-26(22)33)13-38-42(35,36)14-19(34)18-10-6-7-11-20(18)37-12-17-8-4-3-5-9-17;1-4-7(5-2)6-3/h3-11,15-16,21,23-24,27H,12-14H2,1-2H3,(H,35,36)(H2,29,30,31);4-6H2,1-3H3/t21-,23-,24-,27-;/m1./s1. The summed E-state index contributed by atoms with van der Waals surface area (Å²) in [6.07, 6.45) is -0.674. The first-order valence-electron chi connectivity index (χ1n) is 16.4. The number of anilines is 1. The predicted molar refractivity (Wildman–Crippen MR) is 183 cm³/mol. The van der Waals surface area contributed by atoms with E-state index in [1.54, 1.807) is 42.7 Å². The number of carbonyl (C=O) groups excluding carboxylic acids is 1. The number of ether oxygens (including phenoxy) is 4. The zero-order valence-corrected chi connectivity index (χ0v) is 29.4. The van der Waals surface area contributed by atoms with Gasteiger partial charge in [0.2, 0.25) is 0 Å². The Bertz CT molecular complexity index is 1750. The van der Waals surface area contributed by atoms with E-state index >= 15 is 0 Å². The maximum absolute atomic E-state index is 13.1. The van der Waals surface area contributed by atoms with Crippen LogP contribution in [0.2, 0.25) is 0 Å². The van der Waals surface area contributed by atoms with E-state index in [2.05, 4.69) is 40.6 Å². The van der Waals surface area contributed by atoms with Crippen molar-refractivity contribution in [2.24, 2.45) is 0 Å². The van der Waals surface area contributed by atoms with Crippen molar-refractivity contribution in [2.75, 3.05) is 38.1 Å². The van der Waals surface area contributed by atoms with Gasteiger partial charge in [0.25, 0.3) is 0 Å². The lowest BCUT2D eigenvalue weighted by Crippen LogP contribution is -2.32. The average molecular weight is 697 g/mol. The molecule has 4 aromatic rings. The lowest BCUT2D eigenvalue weighted by Gasteiger charge is -2.25. The molecule has 0 radical (unpaired) electrons. The summed E-state index contributed by atoms with van der Waals surface area (Å²) in [5, 5.41) is 0. The molecule has 2 saturated heterocycles. The predicted octanol–water partition coefficient (Wildman–Crippen LogP) is 4.84. The Labute approximate surface area is 286 Å². The van der Waals surface area contributed by atoms with E-state index < -0.39 is 49.9 Å². The fraction of sp³-hybridized carbons (Fsp3) is 0.471. The number of hydrogen-bond donors (Lipinski definition) is 2. The molecule has 4 heterocycles. The molecule has 0 bridgehead atoms. The van der Waals surface area contributed by atoms with Crippen LogP contribution in [-0.2, 0) is 29.9 Å². The van der Waals surface area contributed by atoms with Gasteiger partial charge >= 0.3 is 7.60 Å². The van der Waals surface area contributed by atoms with Gasteiger partial charge in [0, 0.05) is 0 Å². The summed E-state index contributed by atoms with van der Waals surface area (Å²) in [5.74, 6) is -0.999. The number of fused-ring (bicyclic) bond motifs is 2. The zero-order valence-electron chi connectivity index (χ0n) is 28.5. The first-order valence-corrected chi connectivity index (χ1v) is 18.1. The van der Waals surface area contributed by atoms with Crippen LogP contribution < -0.4 is 10.5 Å². The van der Waals surface area contributed by atoms with Gasteiger partial charge in [0.15, 0.2) is 29.3 Å². The molecule has 49 heavy (non-hydrogen) atoms. The molecule has 2 aromatic heterocycles. The third-order valence-electron chi connectivity index (χ3n) is 8.34. The van der Waals surface area contributed by atoms with E-state index in [9.17, 15) is 14.3 Å². The Morgan fingerprint density at radius 1 is 1.00 bits per heavy atom. The first-order chi connectivity index (χ1) is 23.4. The quantitative estimate of drug-likeness (QED) is 0.144. The summed E-state index contributed by atoms with van der Waals surface area (Å²) < 4.78 is 44.4. The summed E-state index contributed by atoms with van der Waals surface area (Å²) in [6.45, 7) is 13.6. The lowest BCUT2D eigenvalue weighted by molar-refractivity contribution is -0.199. The van der Waals surface area contributed by atoms with E-state index in [0.717, 1.165) is 5.56 Å². The Hall–Kier alpha value is -3.75. The number of nitrogens with two attached hydrogens (primary N) is 1. The second-order valence-electron chi connectivity index (χ2n) is 12.1. The minimum absolute atomic E-state index is 0.186. The fourth-order valence-electron chi connectivity index (χ4n) is 5.80. The van der Waals surface area contributed by atoms with Crippen molar-refractivity contribution in [1.82, 2.24) is 24.4 Å². The Morgan fingerprint density at radius 2 is 1.67 bits per heavy atom. The van der Waals surface area contributed by atoms with Gasteiger partial charge in [-0.25, -0.2) is 15.0 Å². The van der Waals surface area contributed by atoms with Crippen LogP contribution in [0.15, 0.2) is 67.3 Å². The van der Waals surface area contributed by atoms with Crippen molar-refractivity contribution in [1.29, 1.82) is 0 Å². The smallest absolute Gasteiger partial charge is 0.335 e. The highest BCUT2D eigenvalue weighted by Crippen LogP contribution is 2.47. The molecular weight excluding hydrogens is 651 g/mol. The number of rotatable bonds is 13. The van der Waals surface area contributed by atoms with Gasteiger partial charge in [0.1, 0.15) is 48.7 Å². The van der Waals surface area contributed by atoms with Crippen LogP contribution >= 0.6 is 7.60 Å². The van der Waals surface area contributed by atoms with Crippen LogP contribution in [0.1, 0.15) is 56.8 Å². The van der Waals surface area contributed by atoms with E-state index in [1.807, 2.05) is 30.3 Å². The number of benzene rings is 2. The number of para-hydroxylation sites is 1. The van der Waals surface area contributed by atoms with E-state index in [4.69, 9.17) is 29.2 Å². The molecule has 2 aliphatic rings. The van der Waals surface area contributed by atoms with Crippen LogP contribution in [0.4, 0.5) is 5.82 Å². The summed E-state index contributed by atoms with van der Waals surface area (Å²) in [5.41, 5.74) is 7.89. The van der Waals surface area contributed by atoms with Gasteiger partial charge in [-0.1, -0.05) is 63.2 Å². The summed E-state index contributed by atoms with van der Waals surface area (Å²) in [6, 6.07) is 16.1. The first kappa shape index (κ1) is 36.5. The number of nitrogen functional groups attached to an aromatic ring is 1. The molecule has 2 fully saturated rings. The summed E-state index contributed by atoms with van der Waals surface area (Å²) >= 11 is 0. The Kier molecular flexibility index (Phi) is 11.8. The molecule has 6 rings (SSSR count). The normalized spacial score (nSPS) is 22.3. The summed E-state index contributed by atoms with van der Waals surface area (Å²) in [4.78, 5) is 38.7. The van der Waals surface area contributed by atoms with Gasteiger partial charge in [0.05, 0.1) is 18.5 Å². The van der Waals surface area contributed by atoms with Gasteiger partial charge in [-0.15, -0.1) is 0 Å². The maximum Gasteiger partial charge on any atom is 0.335 e. The van der Waals surface area contributed by atoms with Crippen molar-refractivity contribution in [3.8, 4) is 5.75 Å². The number of aromatic nitrogens is 4. The van der Waals surface area contributed by atoms with Crippen molar-refractivity contribution >= 4 is 30.4 Å². The Balaban J connectivity index is 0.000000606. The molecule has 2 aliphatic heterocycles. The van der Waals surface area contributed by atoms with Crippen LogP contribution in [0.3, 0.4) is 0 Å². The van der Waals surface area contributed by atoms with E-state index in [-0.39, 0.29) is 24.6 Å². The minimum atomic E-state index is -4.40. The highest BCUT2D eigenvalue weighted by Gasteiger charge is 2.56. The molecular formula is C34H45N6O8P. The molecule has 264 valence electrons. The molecule has 5 atom stereocenters. The number of hydrogen-bond acceptors (Lipinski definition) is 12. The molecule has 0 saturated carbocycles. The lowest BCUT2D eigenvalue weighted by atomic mass is 10.1. The average Bonchev–Trinajstić information content (AvgIpc) is 3.75. The van der Waals surface area contributed by atoms with Crippen molar-refractivity contribution in [3.63, 3.8) is 0 Å². The van der Waals surface area contributed by atoms with Crippen LogP contribution in [0, 0.1) is 0 Å². The highest BCUT2D eigenvalue weighted by atomic mass is 31.2. The van der Waals surface area contributed by atoms with E-state index in [1.165, 1.54) is 32.3 Å². The molecule has 15 heteroatoms. The molecule has 0 aliphatic carbocycles. The minimum Gasteiger partial charge on any atom is -0.488 e. The Morgan fingerprint density at radius 3 is 2.37 bits per heavy atom. The summed E-state index contributed by atoms with van der Waals surface area (Å²) in [7, 11) is -4.40. The second kappa shape index (κ2) is 15.9. The fourth-order valence-corrected chi connectivity index (χ4v) is 6.81. The maximum atomic E-state index is 13.1. The van der Waals surface area contributed by atoms with Crippen molar-refractivity contribution in [3.05, 3.63) is 78.4 Å². The molecule has 2 aromatic carbocycles. The number of Topliss-reactive ketones (excluding diaryl/α,β-unsaturated/α-hetero) is 1. The highest BCUT2D eigenvalue weighted by molar-refractivity contribution is 7.53. The van der Waals surface area contributed by atoms with Crippen molar-refractivity contribution in [2.45, 2.75) is 71.6 Å². The SMILES string of the molecule is CC1(C)O[C@@H]2[C@H](O1)[C@@H](COP(=O)(O)CC(=O)c1ccccc1OCc1ccccc1)O[C@H]2n1cnc2c(N)ncnc21.CCN(CC)CC. The van der Waals surface area contributed by atoms with Gasteiger partial charge in [-0.05, 0) is 51.2 Å². The van der Waals surface area contributed by atoms with Crippen LogP contribution in [-0.4, -0.2) is 91.6 Å². The monoisotopic (exact) mass is 696 g/mol. The number of imidazole rings is 1. The molecule has 14 nitrogen and oxygen atoms in total. The largest absolute Gasteiger partial charge is 0.488 e. The number of carbonyl (C=O) groups is 1. The molecule has 0 amide bonds. The van der Waals surface area contributed by atoms with Crippen molar-refractivity contribution < 1.29 is 37.7 Å². The second-order valence-corrected chi connectivity index (χ2v) is 14.0. The van der Waals surface area contributed by atoms with Gasteiger partial charge < -0.3 is 39.0 Å². The van der Waals surface area contributed by atoms with Crippen LogP contribution in [0.25, 0.3) is 11.2 Å². The topological polar surface area (TPSA) is 173 Å². The van der Waals surface area contributed by atoms with E-state index in [0.29, 0.717) is 16.9 Å². The molecule has 0 spiro atoms.